The predicted molar refractivity (Wildman–Crippen MR) is 94.6 cm³/mol. The van der Waals surface area contributed by atoms with Crippen LogP contribution in [0.5, 0.6) is 0 Å². The second-order valence-electron chi connectivity index (χ2n) is 7.81. The zero-order valence-electron chi connectivity index (χ0n) is 14.6. The maximum Gasteiger partial charge on any atom is 0.225 e. The van der Waals surface area contributed by atoms with Crippen LogP contribution in [0.15, 0.2) is 0 Å². The van der Waals surface area contributed by atoms with Crippen molar-refractivity contribution in [2.24, 2.45) is 23.5 Å². The van der Waals surface area contributed by atoms with Gasteiger partial charge in [0.25, 0.3) is 0 Å². The number of amides is 1. The van der Waals surface area contributed by atoms with Crippen LogP contribution < -0.4 is 5.73 Å². The largest absolute Gasteiger partial charge is 0.381 e. The first-order valence-electron chi connectivity index (χ1n) is 9.15. The highest BCUT2D eigenvalue weighted by Gasteiger charge is 2.42. The molecular formula is C18H33ClN2O2. The Morgan fingerprint density at radius 3 is 2.13 bits per heavy atom. The Bertz CT molecular complexity index is 384. The van der Waals surface area contributed by atoms with E-state index in [0.29, 0.717) is 35.9 Å². The van der Waals surface area contributed by atoms with Crippen molar-refractivity contribution >= 4 is 18.3 Å². The summed E-state index contributed by atoms with van der Waals surface area (Å²) in [5.74, 6) is 1.77. The van der Waals surface area contributed by atoms with E-state index in [9.17, 15) is 4.79 Å². The molecule has 3 fully saturated rings. The first kappa shape index (κ1) is 19.0. The number of nitrogens with zero attached hydrogens (tertiary/aromatic N) is 1. The van der Waals surface area contributed by atoms with Gasteiger partial charge >= 0.3 is 0 Å². The molecule has 2 atom stereocenters. The summed E-state index contributed by atoms with van der Waals surface area (Å²) >= 11 is 0. The van der Waals surface area contributed by atoms with Gasteiger partial charge in [0.05, 0.1) is 6.10 Å². The van der Waals surface area contributed by atoms with E-state index in [0.717, 1.165) is 38.5 Å². The number of ether oxygens (including phenoxy) is 1. The lowest BCUT2D eigenvalue weighted by Gasteiger charge is -2.45. The fourth-order valence-electron chi connectivity index (χ4n) is 5.13. The average Bonchev–Trinajstić information content (AvgIpc) is 2.53. The van der Waals surface area contributed by atoms with Gasteiger partial charge in [-0.05, 0) is 63.2 Å². The van der Waals surface area contributed by atoms with Crippen molar-refractivity contribution in [1.29, 1.82) is 0 Å². The van der Waals surface area contributed by atoms with Crippen LogP contribution in [0.3, 0.4) is 0 Å². The Balaban J connectivity index is 0.00000192. The van der Waals surface area contributed by atoms with Crippen molar-refractivity contribution in [2.45, 2.75) is 76.0 Å². The molecule has 0 heterocycles. The number of halogens is 1. The molecule has 0 aromatic rings. The molecule has 2 N–H and O–H groups in total. The molecule has 0 spiro atoms. The summed E-state index contributed by atoms with van der Waals surface area (Å²) in [6.07, 6.45) is 10.5. The molecule has 0 aliphatic heterocycles. The van der Waals surface area contributed by atoms with Crippen molar-refractivity contribution in [1.82, 2.24) is 4.90 Å². The van der Waals surface area contributed by atoms with E-state index in [-0.39, 0.29) is 18.3 Å². The zero-order valence-corrected chi connectivity index (χ0v) is 15.4. The molecule has 2 unspecified atom stereocenters. The molecule has 0 aromatic carbocycles. The van der Waals surface area contributed by atoms with Gasteiger partial charge in [0.2, 0.25) is 5.91 Å². The Labute approximate surface area is 146 Å². The van der Waals surface area contributed by atoms with Crippen LogP contribution in [0.2, 0.25) is 0 Å². The van der Waals surface area contributed by atoms with Gasteiger partial charge in [0.1, 0.15) is 0 Å². The minimum absolute atomic E-state index is 0. The Kier molecular flexibility index (Phi) is 6.76. The summed E-state index contributed by atoms with van der Waals surface area (Å²) in [5.41, 5.74) is 6.36. The Morgan fingerprint density at radius 2 is 1.61 bits per heavy atom. The third-order valence-corrected chi connectivity index (χ3v) is 6.63. The van der Waals surface area contributed by atoms with Crippen molar-refractivity contribution in [3.8, 4) is 0 Å². The minimum atomic E-state index is 0. The van der Waals surface area contributed by atoms with Crippen molar-refractivity contribution in [2.75, 3.05) is 14.2 Å². The number of rotatable bonds is 3. The molecule has 1 amide bonds. The number of carbonyl (C=O) groups excluding carboxylic acids is 1. The lowest BCUT2D eigenvalue weighted by Crippen LogP contribution is -2.51. The van der Waals surface area contributed by atoms with Gasteiger partial charge < -0.3 is 15.4 Å². The highest BCUT2D eigenvalue weighted by atomic mass is 35.5. The molecular weight excluding hydrogens is 312 g/mol. The molecule has 3 aliphatic rings. The summed E-state index contributed by atoms with van der Waals surface area (Å²) in [5, 5.41) is 0. The average molecular weight is 345 g/mol. The third kappa shape index (κ3) is 4.02. The predicted octanol–water partition coefficient (Wildman–Crippen LogP) is 2.98. The second kappa shape index (κ2) is 8.17. The summed E-state index contributed by atoms with van der Waals surface area (Å²) in [6, 6.07) is 0.759. The van der Waals surface area contributed by atoms with E-state index in [1.54, 1.807) is 7.11 Å². The Morgan fingerprint density at radius 1 is 1.04 bits per heavy atom. The summed E-state index contributed by atoms with van der Waals surface area (Å²) < 4.78 is 5.44. The summed E-state index contributed by atoms with van der Waals surface area (Å²) in [4.78, 5) is 15.0. The molecule has 4 nitrogen and oxygen atoms in total. The smallest absolute Gasteiger partial charge is 0.225 e. The molecule has 2 bridgehead atoms. The van der Waals surface area contributed by atoms with Crippen LogP contribution in [0.1, 0.15) is 57.8 Å². The van der Waals surface area contributed by atoms with Crippen LogP contribution in [0.4, 0.5) is 0 Å². The lowest BCUT2D eigenvalue weighted by atomic mass is 9.65. The summed E-state index contributed by atoms with van der Waals surface area (Å²) in [6.45, 7) is 0. The molecule has 3 saturated carbocycles. The zero-order chi connectivity index (χ0) is 15.7. The fourth-order valence-corrected chi connectivity index (χ4v) is 5.13. The second-order valence-corrected chi connectivity index (χ2v) is 7.81. The van der Waals surface area contributed by atoms with E-state index in [2.05, 4.69) is 4.90 Å². The molecule has 134 valence electrons. The summed E-state index contributed by atoms with van der Waals surface area (Å²) in [7, 11) is 3.81. The van der Waals surface area contributed by atoms with E-state index in [1.165, 1.54) is 19.3 Å². The highest BCUT2D eigenvalue weighted by Crippen LogP contribution is 2.42. The number of hydrogen-bond acceptors (Lipinski definition) is 3. The van der Waals surface area contributed by atoms with Crippen LogP contribution in [0, 0.1) is 17.8 Å². The van der Waals surface area contributed by atoms with Gasteiger partial charge in [0, 0.05) is 32.2 Å². The quantitative estimate of drug-likeness (QED) is 0.856. The van der Waals surface area contributed by atoms with E-state index >= 15 is 0 Å². The van der Waals surface area contributed by atoms with E-state index in [1.807, 2.05) is 7.05 Å². The minimum Gasteiger partial charge on any atom is -0.381 e. The first-order chi connectivity index (χ1) is 10.6. The van der Waals surface area contributed by atoms with Crippen LogP contribution in [0.25, 0.3) is 0 Å². The van der Waals surface area contributed by atoms with Gasteiger partial charge in [-0.3, -0.25) is 4.79 Å². The van der Waals surface area contributed by atoms with Crippen LogP contribution in [-0.2, 0) is 9.53 Å². The number of methoxy groups -OCH3 is 1. The van der Waals surface area contributed by atoms with E-state index < -0.39 is 0 Å². The van der Waals surface area contributed by atoms with E-state index in [4.69, 9.17) is 10.5 Å². The number of nitrogens with two attached hydrogens (primary N) is 1. The number of hydrogen-bond donors (Lipinski definition) is 1. The molecule has 23 heavy (non-hydrogen) atoms. The van der Waals surface area contributed by atoms with Gasteiger partial charge in [-0.1, -0.05) is 6.42 Å². The first-order valence-corrected chi connectivity index (χ1v) is 9.15. The van der Waals surface area contributed by atoms with Gasteiger partial charge in [-0.2, -0.15) is 0 Å². The fraction of sp³-hybridized carbons (Fsp3) is 0.944. The molecule has 3 aliphatic carbocycles. The topological polar surface area (TPSA) is 55.6 Å². The number of fused-ring (bicyclic) bond motifs is 2. The van der Waals surface area contributed by atoms with Gasteiger partial charge in [-0.15, -0.1) is 12.4 Å². The van der Waals surface area contributed by atoms with Crippen LogP contribution >= 0.6 is 12.4 Å². The SMILES string of the molecule is COC1CCC(N(C)C(=O)C2CC3CCCC(C2)C3N)CC1.Cl. The molecule has 3 rings (SSSR count). The van der Waals surface area contributed by atoms with Gasteiger partial charge in [0.15, 0.2) is 0 Å². The van der Waals surface area contributed by atoms with Crippen molar-refractivity contribution in [3.63, 3.8) is 0 Å². The Hall–Kier alpha value is -0.320. The monoisotopic (exact) mass is 344 g/mol. The van der Waals surface area contributed by atoms with Gasteiger partial charge in [-0.25, -0.2) is 0 Å². The maximum absolute atomic E-state index is 12.9. The third-order valence-electron chi connectivity index (χ3n) is 6.63. The molecule has 0 radical (unpaired) electrons. The van der Waals surface area contributed by atoms with Crippen LogP contribution in [-0.4, -0.2) is 43.2 Å². The van der Waals surface area contributed by atoms with Crippen molar-refractivity contribution < 1.29 is 9.53 Å². The lowest BCUT2D eigenvalue weighted by molar-refractivity contribution is -0.140. The normalized spacial score (nSPS) is 40.1. The highest BCUT2D eigenvalue weighted by molar-refractivity contribution is 5.85. The van der Waals surface area contributed by atoms with Crippen molar-refractivity contribution in [3.05, 3.63) is 0 Å². The standard InChI is InChI=1S/C18H32N2O2.ClH/c1-20(15-6-8-16(22-2)9-7-15)18(21)14-10-12-4-3-5-13(11-14)17(12)19;/h12-17H,3-11,19H2,1-2H3;1H. The maximum atomic E-state index is 12.9. The molecule has 0 saturated heterocycles. The number of carbonyl (C=O) groups is 1. The molecule has 5 heteroatoms. The molecule has 0 aromatic heterocycles.